The third kappa shape index (κ3) is 3.14. The minimum atomic E-state index is -2.59. The van der Waals surface area contributed by atoms with E-state index in [0.717, 1.165) is 33.5 Å². The molecule has 0 spiro atoms. The second-order valence-electron chi connectivity index (χ2n) is 7.69. The Morgan fingerprint density at radius 3 is 2.71 bits per heavy atom. The lowest BCUT2D eigenvalue weighted by Crippen LogP contribution is -2.56. The molecule has 0 amide bonds. The van der Waals surface area contributed by atoms with E-state index in [4.69, 9.17) is 4.98 Å². The van der Waals surface area contributed by atoms with E-state index in [1.807, 2.05) is 59.3 Å². The third-order valence-electron chi connectivity index (χ3n) is 5.45. The summed E-state index contributed by atoms with van der Waals surface area (Å²) < 4.78 is 28.2. The Labute approximate surface area is 175 Å². The maximum absolute atomic E-state index is 13.1. The van der Waals surface area contributed by atoms with Crippen LogP contribution in [0, 0.1) is 0 Å². The summed E-state index contributed by atoms with van der Waals surface area (Å²) in [7, 11) is 0. The molecule has 5 aromatic rings. The molecule has 1 saturated heterocycles. The third-order valence-corrected chi connectivity index (χ3v) is 5.45. The summed E-state index contributed by atoms with van der Waals surface area (Å²) in [6.07, 6.45) is 7.30. The highest BCUT2D eigenvalue weighted by Gasteiger charge is 2.43. The van der Waals surface area contributed by atoms with Gasteiger partial charge in [0.05, 0.1) is 30.5 Å². The normalized spacial score (nSPS) is 15.4. The van der Waals surface area contributed by atoms with E-state index in [9.17, 15) is 8.78 Å². The predicted octanol–water partition coefficient (Wildman–Crippen LogP) is 4.47. The van der Waals surface area contributed by atoms with Crippen LogP contribution in [0.2, 0.25) is 0 Å². The van der Waals surface area contributed by atoms with Crippen LogP contribution in [0.1, 0.15) is 0 Å². The minimum absolute atomic E-state index is 0.237. The van der Waals surface area contributed by atoms with E-state index >= 15 is 0 Å². The van der Waals surface area contributed by atoms with Gasteiger partial charge in [0.25, 0.3) is 5.92 Å². The van der Waals surface area contributed by atoms with E-state index in [1.165, 1.54) is 0 Å². The summed E-state index contributed by atoms with van der Waals surface area (Å²) in [6.45, 7) is -0.475. The highest BCUT2D eigenvalue weighted by Crippen LogP contribution is 2.33. The van der Waals surface area contributed by atoms with Crippen LogP contribution in [0.5, 0.6) is 0 Å². The van der Waals surface area contributed by atoms with Crippen molar-refractivity contribution in [2.24, 2.45) is 0 Å². The quantitative estimate of drug-likeness (QED) is 0.451. The van der Waals surface area contributed by atoms with Gasteiger partial charge in [0, 0.05) is 40.9 Å². The minimum Gasteiger partial charge on any atom is -0.359 e. The number of H-pyrrole nitrogens is 1. The number of hydrogen-bond acceptors (Lipinski definition) is 5. The zero-order valence-corrected chi connectivity index (χ0v) is 16.3. The second kappa shape index (κ2) is 6.49. The van der Waals surface area contributed by atoms with Gasteiger partial charge in [0.2, 0.25) is 0 Å². The number of benzene rings is 2. The number of anilines is 3. The van der Waals surface area contributed by atoms with Crippen LogP contribution < -0.4 is 10.2 Å². The van der Waals surface area contributed by atoms with Gasteiger partial charge < -0.3 is 14.6 Å². The van der Waals surface area contributed by atoms with Gasteiger partial charge in [-0.1, -0.05) is 12.1 Å². The number of imidazole rings is 1. The molecule has 6 rings (SSSR count). The topological polar surface area (TPSA) is 74.1 Å². The smallest absolute Gasteiger partial charge is 0.282 e. The van der Waals surface area contributed by atoms with Crippen molar-refractivity contribution in [1.82, 2.24) is 24.6 Å². The number of nitrogens with one attached hydrogen (secondary N) is 2. The first-order chi connectivity index (χ1) is 15.0. The summed E-state index contributed by atoms with van der Waals surface area (Å²) in [6, 6.07) is 13.4. The first-order valence-electron chi connectivity index (χ1n) is 9.81. The molecule has 1 aliphatic rings. The van der Waals surface area contributed by atoms with Crippen LogP contribution in [0.15, 0.2) is 67.3 Å². The number of fused-ring (bicyclic) bond motifs is 2. The zero-order chi connectivity index (χ0) is 21.0. The monoisotopic (exact) mass is 417 g/mol. The van der Waals surface area contributed by atoms with Gasteiger partial charge in [-0.2, -0.15) is 5.10 Å². The Bertz CT molecular complexity index is 1400. The molecular weight excluding hydrogens is 400 g/mol. The molecule has 0 bridgehead atoms. The number of aromatic nitrogens is 5. The summed E-state index contributed by atoms with van der Waals surface area (Å²) in [5.41, 5.74) is 4.93. The highest BCUT2D eigenvalue weighted by molar-refractivity contribution is 5.84. The van der Waals surface area contributed by atoms with Gasteiger partial charge in [-0.15, -0.1) is 0 Å². The molecule has 0 radical (unpaired) electrons. The Balaban J connectivity index is 1.33. The molecule has 1 fully saturated rings. The molecular formula is C22H17F2N7. The number of aromatic amines is 1. The standard InChI is InChI=1S/C22H17F2N7/c23-22(24)12-31(13-22)17-5-3-16(4-6-17)27-20-21-25-7-8-30(21)11-19(28-20)14-1-2-15-10-26-29-18(15)9-14/h1-11H,12-13H2,(H,26,29)(H,27,28). The van der Waals surface area contributed by atoms with E-state index in [1.54, 1.807) is 17.3 Å². The maximum atomic E-state index is 13.1. The van der Waals surface area contributed by atoms with Crippen molar-refractivity contribution < 1.29 is 8.78 Å². The van der Waals surface area contributed by atoms with Crippen LogP contribution in [0.25, 0.3) is 27.8 Å². The molecule has 2 aromatic carbocycles. The molecule has 2 N–H and O–H groups in total. The molecule has 4 heterocycles. The average molecular weight is 417 g/mol. The zero-order valence-electron chi connectivity index (χ0n) is 16.3. The van der Waals surface area contributed by atoms with Crippen molar-refractivity contribution in [1.29, 1.82) is 0 Å². The number of halogens is 2. The molecule has 154 valence electrons. The first-order valence-corrected chi connectivity index (χ1v) is 9.81. The van der Waals surface area contributed by atoms with Gasteiger partial charge >= 0.3 is 0 Å². The van der Waals surface area contributed by atoms with Gasteiger partial charge in [0.15, 0.2) is 11.5 Å². The highest BCUT2D eigenvalue weighted by atomic mass is 19.3. The van der Waals surface area contributed by atoms with Crippen molar-refractivity contribution in [3.63, 3.8) is 0 Å². The van der Waals surface area contributed by atoms with E-state index in [-0.39, 0.29) is 13.1 Å². The van der Waals surface area contributed by atoms with Crippen molar-refractivity contribution in [3.05, 3.63) is 67.3 Å². The molecule has 0 saturated carbocycles. The lowest BCUT2D eigenvalue weighted by Gasteiger charge is -2.40. The van der Waals surface area contributed by atoms with Gasteiger partial charge in [-0.25, -0.2) is 18.7 Å². The fourth-order valence-electron chi connectivity index (χ4n) is 3.84. The molecule has 31 heavy (non-hydrogen) atoms. The molecule has 0 unspecified atom stereocenters. The van der Waals surface area contributed by atoms with Gasteiger partial charge in [0.1, 0.15) is 0 Å². The van der Waals surface area contributed by atoms with Crippen LogP contribution in [0.4, 0.5) is 26.0 Å². The van der Waals surface area contributed by atoms with Crippen molar-refractivity contribution in [3.8, 4) is 11.3 Å². The first kappa shape index (κ1) is 17.8. The van der Waals surface area contributed by atoms with Crippen LogP contribution >= 0.6 is 0 Å². The maximum Gasteiger partial charge on any atom is 0.282 e. The van der Waals surface area contributed by atoms with E-state index in [0.29, 0.717) is 11.5 Å². The van der Waals surface area contributed by atoms with Crippen molar-refractivity contribution in [2.45, 2.75) is 5.92 Å². The molecule has 0 atom stereocenters. The summed E-state index contributed by atoms with van der Waals surface area (Å²) in [5.74, 6) is -1.98. The number of alkyl halides is 2. The SMILES string of the molecule is FC1(F)CN(c2ccc(Nc3nc(-c4ccc5cn[nH]c5c4)cn4ccnc34)cc2)C1. The summed E-state index contributed by atoms with van der Waals surface area (Å²) in [4.78, 5) is 10.9. The van der Waals surface area contributed by atoms with Gasteiger partial charge in [-0.3, -0.25) is 5.10 Å². The Morgan fingerprint density at radius 1 is 1.06 bits per heavy atom. The van der Waals surface area contributed by atoms with Crippen molar-refractivity contribution >= 4 is 33.7 Å². The number of nitrogens with zero attached hydrogens (tertiary/aromatic N) is 5. The van der Waals surface area contributed by atoms with Crippen LogP contribution in [-0.2, 0) is 0 Å². The predicted molar refractivity (Wildman–Crippen MR) is 115 cm³/mol. The molecule has 7 nitrogen and oxygen atoms in total. The van der Waals surface area contributed by atoms with Crippen LogP contribution in [0.3, 0.4) is 0 Å². The van der Waals surface area contributed by atoms with E-state index in [2.05, 4.69) is 20.5 Å². The van der Waals surface area contributed by atoms with Crippen molar-refractivity contribution in [2.75, 3.05) is 23.3 Å². The lowest BCUT2D eigenvalue weighted by atomic mass is 10.1. The Hall–Kier alpha value is -4.01. The largest absolute Gasteiger partial charge is 0.359 e. The summed E-state index contributed by atoms with van der Waals surface area (Å²) in [5, 5.41) is 11.4. The van der Waals surface area contributed by atoms with E-state index < -0.39 is 5.92 Å². The van der Waals surface area contributed by atoms with Gasteiger partial charge in [-0.05, 0) is 30.3 Å². The summed E-state index contributed by atoms with van der Waals surface area (Å²) >= 11 is 0. The fraction of sp³-hybridized carbons (Fsp3) is 0.136. The second-order valence-corrected chi connectivity index (χ2v) is 7.69. The Morgan fingerprint density at radius 2 is 1.90 bits per heavy atom. The number of hydrogen-bond donors (Lipinski definition) is 2. The van der Waals surface area contributed by atoms with Crippen LogP contribution in [-0.4, -0.2) is 43.6 Å². The fourth-order valence-corrected chi connectivity index (χ4v) is 3.84. The molecule has 3 aromatic heterocycles. The molecule has 1 aliphatic heterocycles. The Kier molecular flexibility index (Phi) is 3.73. The lowest BCUT2D eigenvalue weighted by molar-refractivity contribution is -0.0262. The molecule has 0 aliphatic carbocycles. The average Bonchev–Trinajstić information content (AvgIpc) is 3.41. The number of rotatable bonds is 4. The molecule has 9 heteroatoms.